The molecular formula is C15H20N2O2. The molecular weight excluding hydrogens is 240 g/mol. The van der Waals surface area contributed by atoms with Gasteiger partial charge in [-0.1, -0.05) is 31.5 Å². The standard InChI is InChI=1S/C15H20N2O2/c1-4-15(5-2)10-16-14(19)17(13(15)18)12-8-6-11(3)7-9-12/h6-9H,4-5,10H2,1-3H3,(H,16,19). The summed E-state index contributed by atoms with van der Waals surface area (Å²) in [4.78, 5) is 25.9. The first-order valence-electron chi connectivity index (χ1n) is 6.73. The second-order valence-corrected chi connectivity index (χ2v) is 5.12. The van der Waals surface area contributed by atoms with E-state index in [4.69, 9.17) is 0 Å². The number of rotatable bonds is 3. The van der Waals surface area contributed by atoms with Gasteiger partial charge in [0.15, 0.2) is 0 Å². The molecule has 102 valence electrons. The van der Waals surface area contributed by atoms with E-state index >= 15 is 0 Å². The Balaban J connectivity index is 2.39. The molecule has 0 aromatic heterocycles. The molecule has 4 nitrogen and oxygen atoms in total. The third kappa shape index (κ3) is 2.23. The van der Waals surface area contributed by atoms with Crippen molar-refractivity contribution in [3.05, 3.63) is 29.8 Å². The molecule has 0 radical (unpaired) electrons. The number of aryl methyl sites for hydroxylation is 1. The highest BCUT2D eigenvalue weighted by Crippen LogP contribution is 2.33. The summed E-state index contributed by atoms with van der Waals surface area (Å²) >= 11 is 0. The Morgan fingerprint density at radius 2 is 1.74 bits per heavy atom. The minimum atomic E-state index is -0.473. The van der Waals surface area contributed by atoms with Crippen LogP contribution in [0, 0.1) is 12.3 Å². The zero-order valence-electron chi connectivity index (χ0n) is 11.7. The van der Waals surface area contributed by atoms with E-state index in [1.807, 2.05) is 45.0 Å². The molecule has 0 aliphatic carbocycles. The molecule has 0 atom stereocenters. The van der Waals surface area contributed by atoms with Crippen LogP contribution in [0.4, 0.5) is 10.5 Å². The lowest BCUT2D eigenvalue weighted by molar-refractivity contribution is -0.128. The van der Waals surface area contributed by atoms with Crippen LogP contribution in [0.25, 0.3) is 0 Å². The second-order valence-electron chi connectivity index (χ2n) is 5.12. The van der Waals surface area contributed by atoms with Crippen molar-refractivity contribution in [2.24, 2.45) is 5.41 Å². The first kappa shape index (κ1) is 13.6. The number of nitrogens with one attached hydrogen (secondary N) is 1. The van der Waals surface area contributed by atoms with Crippen molar-refractivity contribution >= 4 is 17.6 Å². The number of hydrogen-bond acceptors (Lipinski definition) is 2. The molecule has 1 saturated heterocycles. The van der Waals surface area contributed by atoms with Gasteiger partial charge in [0, 0.05) is 6.54 Å². The molecule has 4 heteroatoms. The molecule has 0 bridgehead atoms. The summed E-state index contributed by atoms with van der Waals surface area (Å²) in [6.07, 6.45) is 1.45. The number of carbonyl (C=O) groups excluding carboxylic acids is 2. The van der Waals surface area contributed by atoms with Crippen LogP contribution in [0.5, 0.6) is 0 Å². The van der Waals surface area contributed by atoms with Gasteiger partial charge >= 0.3 is 6.03 Å². The van der Waals surface area contributed by atoms with Gasteiger partial charge in [-0.2, -0.15) is 0 Å². The maximum absolute atomic E-state index is 12.7. The van der Waals surface area contributed by atoms with E-state index in [1.54, 1.807) is 0 Å². The number of anilines is 1. The lowest BCUT2D eigenvalue weighted by atomic mass is 9.79. The Hall–Kier alpha value is -1.84. The van der Waals surface area contributed by atoms with Crippen molar-refractivity contribution in [2.75, 3.05) is 11.4 Å². The van der Waals surface area contributed by atoms with E-state index in [0.29, 0.717) is 12.2 Å². The van der Waals surface area contributed by atoms with E-state index in [2.05, 4.69) is 5.32 Å². The largest absolute Gasteiger partial charge is 0.336 e. The molecule has 0 spiro atoms. The molecule has 1 aromatic rings. The Morgan fingerprint density at radius 3 is 2.26 bits per heavy atom. The maximum Gasteiger partial charge on any atom is 0.328 e. The fourth-order valence-corrected chi connectivity index (χ4v) is 2.46. The van der Waals surface area contributed by atoms with Gasteiger partial charge in [0.2, 0.25) is 5.91 Å². The zero-order valence-corrected chi connectivity index (χ0v) is 11.7. The molecule has 0 unspecified atom stereocenters. The number of carbonyl (C=O) groups is 2. The molecule has 3 amide bonds. The van der Waals surface area contributed by atoms with Crippen LogP contribution in [0.3, 0.4) is 0 Å². The minimum Gasteiger partial charge on any atom is -0.336 e. The predicted molar refractivity (Wildman–Crippen MR) is 75.1 cm³/mol. The van der Waals surface area contributed by atoms with Gasteiger partial charge < -0.3 is 5.32 Å². The van der Waals surface area contributed by atoms with Crippen molar-refractivity contribution in [3.63, 3.8) is 0 Å². The molecule has 1 fully saturated rings. The van der Waals surface area contributed by atoms with E-state index in [1.165, 1.54) is 4.90 Å². The summed E-state index contributed by atoms with van der Waals surface area (Å²) in [6.45, 7) is 6.39. The average Bonchev–Trinajstić information content (AvgIpc) is 2.42. The fraction of sp³-hybridized carbons (Fsp3) is 0.467. The van der Waals surface area contributed by atoms with Crippen molar-refractivity contribution < 1.29 is 9.59 Å². The molecule has 2 rings (SSSR count). The number of amides is 3. The third-order valence-corrected chi connectivity index (χ3v) is 4.08. The number of imide groups is 1. The van der Waals surface area contributed by atoms with E-state index in [9.17, 15) is 9.59 Å². The normalized spacial score (nSPS) is 18.4. The van der Waals surface area contributed by atoms with Gasteiger partial charge in [-0.3, -0.25) is 4.79 Å². The van der Waals surface area contributed by atoms with Crippen molar-refractivity contribution in [1.82, 2.24) is 5.32 Å². The molecule has 1 aliphatic rings. The third-order valence-electron chi connectivity index (χ3n) is 4.08. The first-order valence-corrected chi connectivity index (χ1v) is 6.73. The Kier molecular flexibility index (Phi) is 3.60. The zero-order chi connectivity index (χ0) is 14.0. The van der Waals surface area contributed by atoms with Gasteiger partial charge in [0.05, 0.1) is 11.1 Å². The van der Waals surface area contributed by atoms with Gasteiger partial charge in [-0.25, -0.2) is 9.69 Å². The monoisotopic (exact) mass is 260 g/mol. The summed E-state index contributed by atoms with van der Waals surface area (Å²) in [6, 6.07) is 7.11. The molecule has 1 aromatic carbocycles. The van der Waals surface area contributed by atoms with Crippen LogP contribution in [0.15, 0.2) is 24.3 Å². The van der Waals surface area contributed by atoms with Crippen LogP contribution in [0.1, 0.15) is 32.3 Å². The molecule has 1 aliphatic heterocycles. The van der Waals surface area contributed by atoms with Crippen LogP contribution in [-0.2, 0) is 4.79 Å². The lowest BCUT2D eigenvalue weighted by Gasteiger charge is -2.39. The highest BCUT2D eigenvalue weighted by atomic mass is 16.2. The van der Waals surface area contributed by atoms with Crippen molar-refractivity contribution in [1.29, 1.82) is 0 Å². The van der Waals surface area contributed by atoms with Crippen molar-refractivity contribution in [3.8, 4) is 0 Å². The highest BCUT2D eigenvalue weighted by Gasteiger charge is 2.45. The fourth-order valence-electron chi connectivity index (χ4n) is 2.46. The Morgan fingerprint density at radius 1 is 1.16 bits per heavy atom. The molecule has 1 N–H and O–H groups in total. The average molecular weight is 260 g/mol. The number of nitrogens with zero attached hydrogens (tertiary/aromatic N) is 1. The Bertz CT molecular complexity index is 489. The van der Waals surface area contributed by atoms with Crippen LogP contribution >= 0.6 is 0 Å². The number of hydrogen-bond donors (Lipinski definition) is 1. The molecule has 0 saturated carbocycles. The first-order chi connectivity index (χ1) is 9.04. The second kappa shape index (κ2) is 5.03. The number of urea groups is 1. The van der Waals surface area contributed by atoms with Gasteiger partial charge in [0.1, 0.15) is 0 Å². The summed E-state index contributed by atoms with van der Waals surface area (Å²) < 4.78 is 0. The van der Waals surface area contributed by atoms with Gasteiger partial charge in [-0.05, 0) is 31.9 Å². The van der Waals surface area contributed by atoms with Crippen LogP contribution < -0.4 is 10.2 Å². The predicted octanol–water partition coefficient (Wildman–Crippen LogP) is 2.86. The van der Waals surface area contributed by atoms with Gasteiger partial charge in [0.25, 0.3) is 0 Å². The smallest absolute Gasteiger partial charge is 0.328 e. The van der Waals surface area contributed by atoms with E-state index in [-0.39, 0.29) is 11.9 Å². The highest BCUT2D eigenvalue weighted by molar-refractivity contribution is 6.17. The summed E-state index contributed by atoms with van der Waals surface area (Å²) in [5, 5.41) is 2.83. The quantitative estimate of drug-likeness (QED) is 0.908. The minimum absolute atomic E-state index is 0.0925. The SMILES string of the molecule is CCC1(CC)CNC(=O)N(c2ccc(C)cc2)C1=O. The van der Waals surface area contributed by atoms with Crippen LogP contribution in [-0.4, -0.2) is 18.5 Å². The summed E-state index contributed by atoms with van der Waals surface area (Å²) in [5.41, 5.74) is 1.27. The summed E-state index contributed by atoms with van der Waals surface area (Å²) in [7, 11) is 0. The number of benzene rings is 1. The Labute approximate surface area is 113 Å². The van der Waals surface area contributed by atoms with E-state index in [0.717, 1.165) is 18.4 Å². The maximum atomic E-state index is 12.7. The topological polar surface area (TPSA) is 49.4 Å². The summed E-state index contributed by atoms with van der Waals surface area (Å²) in [5.74, 6) is -0.0925. The lowest BCUT2D eigenvalue weighted by Crippen LogP contribution is -2.60. The van der Waals surface area contributed by atoms with Crippen molar-refractivity contribution in [2.45, 2.75) is 33.6 Å². The molecule has 19 heavy (non-hydrogen) atoms. The van der Waals surface area contributed by atoms with Gasteiger partial charge in [-0.15, -0.1) is 0 Å². The van der Waals surface area contributed by atoms with Crippen LogP contribution in [0.2, 0.25) is 0 Å². The molecule has 1 heterocycles. The van der Waals surface area contributed by atoms with E-state index < -0.39 is 5.41 Å².